The summed E-state index contributed by atoms with van der Waals surface area (Å²) >= 11 is 0. The van der Waals surface area contributed by atoms with Gasteiger partial charge in [0.15, 0.2) is 0 Å². The summed E-state index contributed by atoms with van der Waals surface area (Å²) in [6, 6.07) is 0. The molecule has 0 aromatic heterocycles. The molecule has 0 aliphatic rings. The number of rotatable bonds is 1. The standard InChI is InChI=1S/C5H12OP/c1-5(2)7(3,4)6/h5H,1H2,2-4H3. The second kappa shape index (κ2) is 2.00. The smallest absolute Gasteiger partial charge is 0.0845 e. The maximum absolute atomic E-state index is 10.9. The molecule has 0 amide bonds. The van der Waals surface area contributed by atoms with E-state index in [1.54, 1.807) is 13.3 Å². The zero-order valence-corrected chi connectivity index (χ0v) is 6.03. The Morgan fingerprint density at radius 3 is 1.71 bits per heavy atom. The van der Waals surface area contributed by atoms with Gasteiger partial charge >= 0.3 is 0 Å². The second-order valence-corrected chi connectivity index (χ2v) is 6.03. The van der Waals surface area contributed by atoms with Crippen LogP contribution in [0.1, 0.15) is 6.92 Å². The van der Waals surface area contributed by atoms with Gasteiger partial charge in [-0.1, -0.05) is 6.92 Å². The Balaban J connectivity index is 3.80. The minimum absolute atomic E-state index is 0.104. The van der Waals surface area contributed by atoms with Crippen molar-refractivity contribution in [1.82, 2.24) is 0 Å². The quantitative estimate of drug-likeness (QED) is 0.481. The topological polar surface area (TPSA) is 17.1 Å². The first-order valence-electron chi connectivity index (χ1n) is 2.32. The van der Waals surface area contributed by atoms with Crippen LogP contribution in [-0.2, 0) is 4.57 Å². The summed E-state index contributed by atoms with van der Waals surface area (Å²) in [6.45, 7) is 9.03. The van der Waals surface area contributed by atoms with Crippen LogP contribution < -0.4 is 0 Å². The molecule has 0 aromatic rings. The van der Waals surface area contributed by atoms with Gasteiger partial charge in [-0.2, -0.15) is 0 Å². The summed E-state index contributed by atoms with van der Waals surface area (Å²) < 4.78 is 10.9. The van der Waals surface area contributed by atoms with Crippen molar-refractivity contribution in [2.75, 3.05) is 13.3 Å². The molecular weight excluding hydrogens is 107 g/mol. The molecule has 0 aliphatic carbocycles. The monoisotopic (exact) mass is 119 g/mol. The zero-order chi connectivity index (χ0) is 6.08. The van der Waals surface area contributed by atoms with Gasteiger partial charge in [-0.05, 0) is 20.3 Å². The highest BCUT2D eigenvalue weighted by Crippen LogP contribution is 2.41. The molecule has 0 bridgehead atoms. The third-order valence-electron chi connectivity index (χ3n) is 1.06. The third-order valence-corrected chi connectivity index (χ3v) is 3.18. The van der Waals surface area contributed by atoms with Crippen molar-refractivity contribution in [3.05, 3.63) is 6.92 Å². The molecule has 0 saturated heterocycles. The molecule has 0 saturated carbocycles. The van der Waals surface area contributed by atoms with E-state index in [2.05, 4.69) is 6.92 Å². The fourth-order valence-electron chi connectivity index (χ4n) is 0. The molecule has 1 radical (unpaired) electrons. The highest BCUT2D eigenvalue weighted by atomic mass is 31.2. The Morgan fingerprint density at radius 2 is 1.71 bits per heavy atom. The molecule has 1 unspecified atom stereocenters. The fraction of sp³-hybridized carbons (Fsp3) is 0.800. The SMILES string of the molecule is [CH2]C(C)P(C)(C)=O. The predicted molar refractivity (Wildman–Crippen MR) is 34.3 cm³/mol. The van der Waals surface area contributed by atoms with Crippen molar-refractivity contribution in [3.63, 3.8) is 0 Å². The Hall–Kier alpha value is 0.230. The lowest BCUT2D eigenvalue weighted by Gasteiger charge is -2.08. The lowest BCUT2D eigenvalue weighted by molar-refractivity contribution is 0.579. The maximum Gasteiger partial charge on any atom is 0.0845 e. The Kier molecular flexibility index (Phi) is 2.07. The summed E-state index contributed by atoms with van der Waals surface area (Å²) in [5.74, 6) is 0. The van der Waals surface area contributed by atoms with Gasteiger partial charge < -0.3 is 4.57 Å². The first kappa shape index (κ1) is 7.23. The van der Waals surface area contributed by atoms with Crippen LogP contribution in [0.3, 0.4) is 0 Å². The summed E-state index contributed by atoms with van der Waals surface area (Å²) in [5, 5.41) is 0. The van der Waals surface area contributed by atoms with E-state index in [0.29, 0.717) is 0 Å². The van der Waals surface area contributed by atoms with Crippen LogP contribution in [0.2, 0.25) is 0 Å². The van der Waals surface area contributed by atoms with Crippen LogP contribution >= 0.6 is 7.14 Å². The molecule has 0 spiro atoms. The number of hydrogen-bond acceptors (Lipinski definition) is 1. The molecule has 0 aromatic carbocycles. The van der Waals surface area contributed by atoms with Crippen molar-refractivity contribution in [2.24, 2.45) is 0 Å². The van der Waals surface area contributed by atoms with E-state index in [0.717, 1.165) is 0 Å². The average Bonchev–Trinajstić information content (AvgIpc) is 1.31. The van der Waals surface area contributed by atoms with Crippen LogP contribution in [0, 0.1) is 6.92 Å². The van der Waals surface area contributed by atoms with Gasteiger partial charge in [0.2, 0.25) is 0 Å². The summed E-state index contributed by atoms with van der Waals surface area (Å²) in [7, 11) is -1.85. The second-order valence-electron chi connectivity index (χ2n) is 2.28. The van der Waals surface area contributed by atoms with Gasteiger partial charge in [-0.3, -0.25) is 0 Å². The van der Waals surface area contributed by atoms with Gasteiger partial charge in [-0.25, -0.2) is 0 Å². The molecule has 0 fully saturated rings. The summed E-state index contributed by atoms with van der Waals surface area (Å²) in [5.41, 5.74) is 0.104. The molecule has 1 atom stereocenters. The lowest BCUT2D eigenvalue weighted by Crippen LogP contribution is -1.93. The number of hydrogen-bond donors (Lipinski definition) is 0. The molecule has 0 N–H and O–H groups in total. The van der Waals surface area contributed by atoms with Gasteiger partial charge in [0.1, 0.15) is 0 Å². The molecule has 7 heavy (non-hydrogen) atoms. The van der Waals surface area contributed by atoms with E-state index in [-0.39, 0.29) is 5.66 Å². The van der Waals surface area contributed by atoms with Crippen LogP contribution in [0.25, 0.3) is 0 Å². The summed E-state index contributed by atoms with van der Waals surface area (Å²) in [6.07, 6.45) is 0. The van der Waals surface area contributed by atoms with E-state index in [1.165, 1.54) is 0 Å². The minimum atomic E-state index is -1.85. The lowest BCUT2D eigenvalue weighted by atomic mass is 10.6. The van der Waals surface area contributed by atoms with Gasteiger partial charge in [0.25, 0.3) is 0 Å². The molecule has 1 nitrogen and oxygen atoms in total. The largest absolute Gasteiger partial charge is 0.324 e. The van der Waals surface area contributed by atoms with E-state index >= 15 is 0 Å². The van der Waals surface area contributed by atoms with Crippen LogP contribution in [0.5, 0.6) is 0 Å². The van der Waals surface area contributed by atoms with Gasteiger partial charge in [-0.15, -0.1) is 0 Å². The van der Waals surface area contributed by atoms with E-state index in [9.17, 15) is 4.57 Å². The molecule has 0 heterocycles. The van der Waals surface area contributed by atoms with Gasteiger partial charge in [0.05, 0.1) is 7.14 Å². The Morgan fingerprint density at radius 1 is 1.57 bits per heavy atom. The molecule has 0 rings (SSSR count). The normalized spacial score (nSPS) is 12.7. The predicted octanol–water partition coefficient (Wildman–Crippen LogP) is 1.83. The Bertz CT molecular complexity index is 90.3. The van der Waals surface area contributed by atoms with Crippen LogP contribution in [0.4, 0.5) is 0 Å². The van der Waals surface area contributed by atoms with Gasteiger partial charge in [0, 0.05) is 5.66 Å². The van der Waals surface area contributed by atoms with Crippen LogP contribution in [0.15, 0.2) is 0 Å². The summed E-state index contributed by atoms with van der Waals surface area (Å²) in [4.78, 5) is 0. The Labute approximate surface area is 45.5 Å². The van der Waals surface area contributed by atoms with Crippen molar-refractivity contribution in [2.45, 2.75) is 12.6 Å². The first-order valence-corrected chi connectivity index (χ1v) is 4.99. The average molecular weight is 119 g/mol. The van der Waals surface area contributed by atoms with Crippen molar-refractivity contribution < 1.29 is 4.57 Å². The van der Waals surface area contributed by atoms with Crippen molar-refractivity contribution >= 4 is 7.14 Å². The highest BCUT2D eigenvalue weighted by Gasteiger charge is 2.10. The fourth-order valence-corrected chi connectivity index (χ4v) is 0. The van der Waals surface area contributed by atoms with E-state index < -0.39 is 7.14 Å². The third kappa shape index (κ3) is 2.87. The molecular formula is C5H12OP. The highest BCUT2D eigenvalue weighted by molar-refractivity contribution is 7.63. The molecule has 2 heteroatoms. The molecule has 43 valence electrons. The van der Waals surface area contributed by atoms with E-state index in [1.807, 2.05) is 6.92 Å². The van der Waals surface area contributed by atoms with Crippen molar-refractivity contribution in [3.8, 4) is 0 Å². The van der Waals surface area contributed by atoms with E-state index in [4.69, 9.17) is 0 Å². The maximum atomic E-state index is 10.9. The van der Waals surface area contributed by atoms with Crippen LogP contribution in [-0.4, -0.2) is 19.0 Å². The van der Waals surface area contributed by atoms with Crippen molar-refractivity contribution in [1.29, 1.82) is 0 Å². The molecule has 0 aliphatic heterocycles. The first-order chi connectivity index (χ1) is 2.94. The zero-order valence-electron chi connectivity index (χ0n) is 5.14. The minimum Gasteiger partial charge on any atom is -0.324 e.